The number of nitrogens with one attached hydrogen (secondary N) is 9. The standard InChI is InChI=1S/C48H73N13O13/c1-5-28(4)40(61-39(66)24-53-41(67)31(49)20-29-13-8-6-9-14-29)46(72)60-35(25-62)43(69)55-22-37(64)56-33(19-27(2)3)42(68)54-23-38(65)57-36(26-63)45(71)58-32(17-12-18-52-48(50)51)44(70)59-34(47(73)74)21-30-15-10-7-11-16-30/h6-11,13-16,27-28,31-36,40,62-63H,5,12,17-26,49H2,1-4H3,(H,53,67)(H,54,68)(H,55,69)(H,56,64)(H,57,65)(H,58,71)(H,59,70)(H,60,72)(H,61,66)(H,73,74)(H4,50,51,52)/t28-,31-,32-,33-,34-,35-,36-,40-/m0/s1. The lowest BCUT2D eigenvalue weighted by Gasteiger charge is -2.26. The summed E-state index contributed by atoms with van der Waals surface area (Å²) in [6.07, 6.45) is 0.666. The van der Waals surface area contributed by atoms with Gasteiger partial charge in [0.05, 0.1) is 38.9 Å². The lowest BCUT2D eigenvalue weighted by atomic mass is 9.98. The number of carbonyl (C=O) groups excluding carboxylic acids is 9. The normalized spacial score (nSPS) is 14.1. The molecule has 8 atom stereocenters. The van der Waals surface area contributed by atoms with E-state index in [-0.39, 0.29) is 50.5 Å². The number of aliphatic hydroxyl groups excluding tert-OH is 2. The van der Waals surface area contributed by atoms with Crippen molar-refractivity contribution in [2.75, 3.05) is 39.4 Å². The van der Waals surface area contributed by atoms with Gasteiger partial charge in [-0.05, 0) is 48.6 Å². The van der Waals surface area contributed by atoms with E-state index in [1.165, 1.54) is 0 Å². The van der Waals surface area contributed by atoms with Gasteiger partial charge < -0.3 is 80.4 Å². The second-order valence-electron chi connectivity index (χ2n) is 17.8. The molecule has 74 heavy (non-hydrogen) atoms. The number of benzene rings is 2. The van der Waals surface area contributed by atoms with Crippen molar-refractivity contribution in [2.24, 2.45) is 34.0 Å². The smallest absolute Gasteiger partial charge is 0.326 e. The number of aliphatic hydroxyl groups is 2. The summed E-state index contributed by atoms with van der Waals surface area (Å²) in [5, 5.41) is 51.3. The van der Waals surface area contributed by atoms with E-state index in [1.54, 1.807) is 82.3 Å². The second-order valence-corrected chi connectivity index (χ2v) is 17.8. The number of nitrogens with zero attached hydrogens (tertiary/aromatic N) is 1. The van der Waals surface area contributed by atoms with Crippen LogP contribution < -0.4 is 65.1 Å². The van der Waals surface area contributed by atoms with E-state index in [0.717, 1.165) is 5.56 Å². The third-order valence-electron chi connectivity index (χ3n) is 11.2. The summed E-state index contributed by atoms with van der Waals surface area (Å²) in [6.45, 7) is 3.11. The van der Waals surface area contributed by atoms with Crippen LogP contribution in [0.25, 0.3) is 0 Å². The first-order valence-corrected chi connectivity index (χ1v) is 24.0. The molecule has 0 aliphatic heterocycles. The SMILES string of the molecule is CC[C@H](C)[C@H](NC(=O)CNC(=O)[C@@H](N)Cc1ccccc1)C(=O)N[C@@H](CO)C(=O)NCC(=O)N[C@@H](CC(C)C)C(=O)NCC(=O)N[C@@H](CO)C(=O)N[C@@H](CCCN=C(N)N)C(=O)N[C@@H](Cc1ccccc1)C(=O)O. The quantitative estimate of drug-likeness (QED) is 0.0181. The number of aliphatic carboxylic acids is 1. The van der Waals surface area contributed by atoms with Crippen molar-refractivity contribution in [1.82, 2.24) is 47.9 Å². The minimum atomic E-state index is -1.65. The van der Waals surface area contributed by atoms with E-state index < -0.39 is 140 Å². The van der Waals surface area contributed by atoms with Crippen LogP contribution >= 0.6 is 0 Å². The molecule has 2 rings (SSSR count). The van der Waals surface area contributed by atoms with E-state index in [4.69, 9.17) is 17.2 Å². The highest BCUT2D eigenvalue weighted by molar-refractivity contribution is 5.97. The maximum Gasteiger partial charge on any atom is 0.326 e. The van der Waals surface area contributed by atoms with E-state index in [2.05, 4.69) is 52.8 Å². The number of nitrogens with two attached hydrogens (primary N) is 3. The Morgan fingerprint density at radius 3 is 1.50 bits per heavy atom. The molecule has 0 spiro atoms. The number of carboxylic acid groups (broad SMARTS) is 1. The minimum Gasteiger partial charge on any atom is -0.480 e. The number of guanidine groups is 1. The molecule has 18 N–H and O–H groups in total. The molecule has 9 amide bonds. The largest absolute Gasteiger partial charge is 0.480 e. The number of carboxylic acids is 1. The Morgan fingerprint density at radius 1 is 0.554 bits per heavy atom. The van der Waals surface area contributed by atoms with Crippen LogP contribution in [0, 0.1) is 11.8 Å². The Hall–Kier alpha value is -7.71. The molecule has 2 aromatic rings. The molecule has 0 aliphatic carbocycles. The Balaban J connectivity index is 1.99. The van der Waals surface area contributed by atoms with Crippen molar-refractivity contribution in [3.8, 4) is 0 Å². The first-order valence-electron chi connectivity index (χ1n) is 24.0. The van der Waals surface area contributed by atoms with Gasteiger partial charge in [-0.3, -0.25) is 48.1 Å². The van der Waals surface area contributed by atoms with Gasteiger partial charge in [0.1, 0.15) is 36.3 Å². The summed E-state index contributed by atoms with van der Waals surface area (Å²) in [7, 11) is 0. The van der Waals surface area contributed by atoms with Crippen molar-refractivity contribution in [2.45, 2.75) is 109 Å². The van der Waals surface area contributed by atoms with Crippen LogP contribution in [-0.4, -0.2) is 162 Å². The van der Waals surface area contributed by atoms with E-state index in [9.17, 15) is 63.3 Å². The molecule has 0 bridgehead atoms. The average molecular weight is 1040 g/mol. The topological polar surface area (TPSA) is 430 Å². The Labute approximate surface area is 428 Å². The zero-order valence-electron chi connectivity index (χ0n) is 42.1. The molecule has 0 unspecified atom stereocenters. The van der Waals surface area contributed by atoms with Crippen LogP contribution in [0.15, 0.2) is 65.7 Å². The van der Waals surface area contributed by atoms with Crippen molar-refractivity contribution < 1.29 is 63.3 Å². The number of hydrogen-bond donors (Lipinski definition) is 15. The Bertz CT molecular complexity index is 2220. The second kappa shape index (κ2) is 33.1. The van der Waals surface area contributed by atoms with E-state index in [0.29, 0.717) is 12.0 Å². The highest BCUT2D eigenvalue weighted by atomic mass is 16.4. The van der Waals surface area contributed by atoms with Gasteiger partial charge in [-0.1, -0.05) is 94.8 Å². The van der Waals surface area contributed by atoms with Crippen LogP contribution in [0.4, 0.5) is 0 Å². The van der Waals surface area contributed by atoms with E-state index in [1.807, 2.05) is 6.07 Å². The van der Waals surface area contributed by atoms with Crippen LogP contribution in [0.3, 0.4) is 0 Å². The predicted octanol–water partition coefficient (Wildman–Crippen LogP) is -4.73. The molecule has 0 fully saturated rings. The number of hydrogen-bond acceptors (Lipinski definition) is 14. The molecule has 408 valence electrons. The molecule has 0 heterocycles. The molecule has 0 aromatic heterocycles. The summed E-state index contributed by atoms with van der Waals surface area (Å²) < 4.78 is 0. The first kappa shape index (κ1) is 62.4. The Morgan fingerprint density at radius 2 is 1.00 bits per heavy atom. The predicted molar refractivity (Wildman–Crippen MR) is 270 cm³/mol. The molecule has 26 nitrogen and oxygen atoms in total. The molecule has 0 radical (unpaired) electrons. The summed E-state index contributed by atoms with van der Waals surface area (Å²) in [4.78, 5) is 134. The number of aliphatic imine (C=N–C) groups is 1. The number of amides is 9. The van der Waals surface area contributed by atoms with Crippen LogP contribution in [-0.2, 0) is 60.8 Å². The van der Waals surface area contributed by atoms with Crippen molar-refractivity contribution >= 4 is 65.1 Å². The maximum absolute atomic E-state index is 13.4. The molecular formula is C48H73N13O13. The molecule has 26 heteroatoms. The van der Waals surface area contributed by atoms with Crippen molar-refractivity contribution in [1.29, 1.82) is 0 Å². The van der Waals surface area contributed by atoms with Gasteiger partial charge in [0.2, 0.25) is 53.2 Å². The molecule has 0 saturated carbocycles. The van der Waals surface area contributed by atoms with Gasteiger partial charge in [0, 0.05) is 13.0 Å². The summed E-state index contributed by atoms with van der Waals surface area (Å²) in [5.41, 5.74) is 18.2. The van der Waals surface area contributed by atoms with E-state index >= 15 is 0 Å². The molecule has 0 aliphatic rings. The molecule has 2 aromatic carbocycles. The lowest BCUT2D eigenvalue weighted by Crippen LogP contribution is -2.58. The highest BCUT2D eigenvalue weighted by Gasteiger charge is 2.32. The van der Waals surface area contributed by atoms with Crippen LogP contribution in [0.5, 0.6) is 0 Å². The summed E-state index contributed by atoms with van der Waals surface area (Å²) in [6, 6.07) is 8.10. The fourth-order valence-electron chi connectivity index (χ4n) is 6.98. The van der Waals surface area contributed by atoms with Gasteiger partial charge in [-0.15, -0.1) is 0 Å². The fourth-order valence-corrected chi connectivity index (χ4v) is 6.98. The van der Waals surface area contributed by atoms with Crippen molar-refractivity contribution in [3.05, 3.63) is 71.8 Å². The van der Waals surface area contributed by atoms with Crippen molar-refractivity contribution in [3.63, 3.8) is 0 Å². The zero-order chi connectivity index (χ0) is 55.3. The fraction of sp³-hybridized carbons (Fsp3) is 0.521. The first-order chi connectivity index (χ1) is 35.1. The lowest BCUT2D eigenvalue weighted by molar-refractivity contribution is -0.142. The number of carbonyl (C=O) groups is 10. The minimum absolute atomic E-state index is 0.0482. The summed E-state index contributed by atoms with van der Waals surface area (Å²) in [5.74, 6) is -9.95. The summed E-state index contributed by atoms with van der Waals surface area (Å²) >= 11 is 0. The van der Waals surface area contributed by atoms with Gasteiger partial charge >= 0.3 is 5.97 Å². The average Bonchev–Trinajstić information content (AvgIpc) is 3.36. The third-order valence-corrected chi connectivity index (χ3v) is 11.2. The molecular weight excluding hydrogens is 967 g/mol. The van der Waals surface area contributed by atoms with Gasteiger partial charge in [0.25, 0.3) is 0 Å². The number of rotatable bonds is 33. The zero-order valence-corrected chi connectivity index (χ0v) is 42.1. The maximum atomic E-state index is 13.4. The Kier molecular flexibility index (Phi) is 27.9. The molecule has 0 saturated heterocycles. The van der Waals surface area contributed by atoms with Gasteiger partial charge in [0.15, 0.2) is 5.96 Å². The monoisotopic (exact) mass is 1040 g/mol. The third kappa shape index (κ3) is 23.7. The van der Waals surface area contributed by atoms with Gasteiger partial charge in [-0.25, -0.2) is 4.79 Å². The van der Waals surface area contributed by atoms with Gasteiger partial charge in [-0.2, -0.15) is 0 Å². The highest BCUT2D eigenvalue weighted by Crippen LogP contribution is 2.10. The van der Waals surface area contributed by atoms with Crippen LogP contribution in [0.1, 0.15) is 64.5 Å². The van der Waals surface area contributed by atoms with Crippen LogP contribution in [0.2, 0.25) is 0 Å².